The number of hydrogen-bond acceptors (Lipinski definition) is 7. The molecule has 1 aliphatic carbocycles. The minimum Gasteiger partial charge on any atom is -0.475 e. The van der Waals surface area contributed by atoms with Gasteiger partial charge in [0.2, 0.25) is 5.76 Å². The predicted octanol–water partition coefficient (Wildman–Crippen LogP) is 6.20. The normalized spacial score (nSPS) is 28.0. The summed E-state index contributed by atoms with van der Waals surface area (Å²) in [6.45, 7) is 7.53. The lowest BCUT2D eigenvalue weighted by atomic mass is 9.84. The molecule has 8 nitrogen and oxygen atoms in total. The summed E-state index contributed by atoms with van der Waals surface area (Å²) in [6, 6.07) is 0. The van der Waals surface area contributed by atoms with Crippen molar-refractivity contribution in [2.45, 2.75) is 141 Å². The molecule has 6 atom stereocenters. The Bertz CT molecular complexity index is 769. The van der Waals surface area contributed by atoms with Crippen LogP contribution in [0.3, 0.4) is 0 Å². The summed E-state index contributed by atoms with van der Waals surface area (Å²) in [7, 11) is 0. The number of allylic oxidation sites excluding steroid dienone is 1. The summed E-state index contributed by atoms with van der Waals surface area (Å²) >= 11 is 0. The van der Waals surface area contributed by atoms with Crippen molar-refractivity contribution in [3.63, 3.8) is 0 Å². The molecule has 3 N–H and O–H groups in total. The highest BCUT2D eigenvalue weighted by atomic mass is 16.7. The Morgan fingerprint density at radius 3 is 2.18 bits per heavy atom. The van der Waals surface area contributed by atoms with Crippen molar-refractivity contribution in [2.75, 3.05) is 13.2 Å². The van der Waals surface area contributed by atoms with Crippen LogP contribution in [0, 0.1) is 11.8 Å². The van der Waals surface area contributed by atoms with Gasteiger partial charge in [0.1, 0.15) is 0 Å². The van der Waals surface area contributed by atoms with E-state index < -0.39 is 30.8 Å². The zero-order valence-corrected chi connectivity index (χ0v) is 24.0. The monoisotopic (exact) mass is 552 g/mol. The zero-order valence-electron chi connectivity index (χ0n) is 24.0. The fourth-order valence-electron chi connectivity index (χ4n) is 6.05. The molecule has 0 amide bonds. The van der Waals surface area contributed by atoms with E-state index in [1.807, 2.05) is 0 Å². The highest BCUT2D eigenvalue weighted by Gasteiger charge is 2.35. The third kappa shape index (κ3) is 10.7. The molecular weight excluding hydrogens is 500 g/mol. The molecule has 0 aromatic carbocycles. The third-order valence-corrected chi connectivity index (χ3v) is 8.44. The van der Waals surface area contributed by atoms with Crippen LogP contribution >= 0.6 is 0 Å². The molecular formula is C31H52O8. The lowest BCUT2D eigenvalue weighted by Gasteiger charge is -2.30. The highest BCUT2D eigenvalue weighted by Crippen LogP contribution is 2.42. The van der Waals surface area contributed by atoms with Crippen molar-refractivity contribution in [3.05, 3.63) is 23.7 Å². The van der Waals surface area contributed by atoms with Crippen LogP contribution in [0.4, 0.5) is 0 Å². The number of carboxylic acids is 1. The number of carbonyl (C=O) groups is 1. The van der Waals surface area contributed by atoms with Crippen LogP contribution in [0.25, 0.3) is 0 Å². The first kappa shape index (κ1) is 31.9. The molecule has 0 spiro atoms. The molecule has 3 rings (SSSR count). The van der Waals surface area contributed by atoms with Crippen LogP contribution in [0.15, 0.2) is 23.7 Å². The lowest BCUT2D eigenvalue weighted by Crippen LogP contribution is -2.33. The molecule has 2 aliphatic heterocycles. The molecule has 0 radical (unpaired) electrons. The van der Waals surface area contributed by atoms with Crippen LogP contribution in [-0.4, -0.2) is 59.3 Å². The van der Waals surface area contributed by atoms with Gasteiger partial charge in [-0.15, -0.1) is 0 Å². The van der Waals surface area contributed by atoms with E-state index in [0.29, 0.717) is 38.4 Å². The van der Waals surface area contributed by atoms with E-state index in [1.54, 1.807) is 0 Å². The molecule has 3 unspecified atom stereocenters. The van der Waals surface area contributed by atoms with Crippen molar-refractivity contribution in [1.29, 1.82) is 0 Å². The van der Waals surface area contributed by atoms with Crippen molar-refractivity contribution in [2.24, 2.45) is 11.8 Å². The average molecular weight is 553 g/mol. The maximum absolute atomic E-state index is 12.2. The van der Waals surface area contributed by atoms with Crippen LogP contribution in [0.2, 0.25) is 0 Å². The fraction of sp³-hybridized carbons (Fsp3) is 0.839. The van der Waals surface area contributed by atoms with Crippen LogP contribution in [0.1, 0.15) is 116 Å². The molecule has 1 saturated carbocycles. The first-order valence-corrected chi connectivity index (χ1v) is 15.5. The molecule has 39 heavy (non-hydrogen) atoms. The van der Waals surface area contributed by atoms with E-state index in [1.165, 1.54) is 38.5 Å². The fourth-order valence-corrected chi connectivity index (χ4v) is 6.05. The molecule has 0 bridgehead atoms. The van der Waals surface area contributed by atoms with Gasteiger partial charge in [0.05, 0.1) is 25.4 Å². The van der Waals surface area contributed by atoms with Gasteiger partial charge in [0.25, 0.3) is 0 Å². The van der Waals surface area contributed by atoms with E-state index in [4.69, 9.17) is 18.9 Å². The number of aliphatic carboxylic acids is 1. The van der Waals surface area contributed by atoms with Crippen molar-refractivity contribution < 1.29 is 39.1 Å². The Balaban J connectivity index is 1.63. The molecule has 3 fully saturated rings. The molecule has 3 aliphatic rings. The van der Waals surface area contributed by atoms with E-state index in [-0.39, 0.29) is 23.9 Å². The van der Waals surface area contributed by atoms with Crippen molar-refractivity contribution >= 4 is 5.97 Å². The molecule has 8 heteroatoms. The Morgan fingerprint density at radius 1 is 0.923 bits per heavy atom. The molecule has 224 valence electrons. The van der Waals surface area contributed by atoms with Crippen molar-refractivity contribution in [1.82, 2.24) is 0 Å². The summed E-state index contributed by atoms with van der Waals surface area (Å²) in [5.41, 5.74) is 1.14. The average Bonchev–Trinajstić information content (AvgIpc) is 3.28. The third-order valence-electron chi connectivity index (χ3n) is 8.44. The highest BCUT2D eigenvalue weighted by molar-refractivity contribution is 5.84. The van der Waals surface area contributed by atoms with Crippen LogP contribution in [-0.2, 0) is 23.7 Å². The molecule has 0 aromatic heterocycles. The first-order chi connectivity index (χ1) is 18.9. The minimum atomic E-state index is -1.29. The summed E-state index contributed by atoms with van der Waals surface area (Å²) in [5.74, 6) is -1.06. The van der Waals surface area contributed by atoms with Gasteiger partial charge in [-0.3, -0.25) is 0 Å². The summed E-state index contributed by atoms with van der Waals surface area (Å²) < 4.78 is 23.0. The SMILES string of the molecule is C=C1CC[C@H](CCCCCCCC)[C@H]1C[C@@H](O)C(O)CC(OC1CCCCO1)=C(OC1CCCCO1)C(=O)O. The molecule has 0 aromatic rings. The number of unbranched alkanes of at least 4 members (excludes halogenated alkanes) is 5. The standard InChI is InChI=1S/C31H52O8/c1-3-4-5-6-7-8-13-23-17-16-22(2)24(23)20-25(32)26(33)21-27(38-28-14-9-11-18-36-28)30(31(34)35)39-29-15-10-12-19-37-29/h23-26,28-29,32-33H,2-21H2,1H3,(H,34,35)/t23-,24-,25+,26?,28?,29?/m0/s1. The minimum absolute atomic E-state index is 0.0102. The number of hydrogen-bond donors (Lipinski definition) is 3. The van der Waals surface area contributed by atoms with Gasteiger partial charge in [-0.2, -0.15) is 0 Å². The number of aliphatic hydroxyl groups excluding tert-OH is 2. The largest absolute Gasteiger partial charge is 0.475 e. The number of rotatable bonds is 17. The van der Waals surface area contributed by atoms with E-state index in [2.05, 4.69) is 13.5 Å². The smallest absolute Gasteiger partial charge is 0.374 e. The van der Waals surface area contributed by atoms with E-state index >= 15 is 0 Å². The summed E-state index contributed by atoms with van der Waals surface area (Å²) in [4.78, 5) is 12.2. The quantitative estimate of drug-likeness (QED) is 0.0845. The van der Waals surface area contributed by atoms with Gasteiger partial charge in [0, 0.05) is 19.3 Å². The Kier molecular flexibility index (Phi) is 14.1. The van der Waals surface area contributed by atoms with Gasteiger partial charge in [-0.25, -0.2) is 4.79 Å². The predicted molar refractivity (Wildman–Crippen MR) is 149 cm³/mol. The van der Waals surface area contributed by atoms with Crippen LogP contribution < -0.4 is 0 Å². The van der Waals surface area contributed by atoms with Gasteiger partial charge in [-0.05, 0) is 63.2 Å². The van der Waals surface area contributed by atoms with Crippen molar-refractivity contribution in [3.8, 4) is 0 Å². The summed E-state index contributed by atoms with van der Waals surface area (Å²) in [5, 5.41) is 32.1. The van der Waals surface area contributed by atoms with Gasteiger partial charge in [-0.1, -0.05) is 57.6 Å². The second kappa shape index (κ2) is 17.3. The van der Waals surface area contributed by atoms with Gasteiger partial charge >= 0.3 is 5.97 Å². The second-order valence-electron chi connectivity index (χ2n) is 11.6. The number of ether oxygens (including phenoxy) is 4. The van der Waals surface area contributed by atoms with E-state index in [9.17, 15) is 20.1 Å². The zero-order chi connectivity index (χ0) is 28.0. The topological polar surface area (TPSA) is 115 Å². The number of carboxylic acid groups (broad SMARTS) is 1. The first-order valence-electron chi connectivity index (χ1n) is 15.5. The molecule has 2 heterocycles. The van der Waals surface area contributed by atoms with Crippen LogP contribution in [0.5, 0.6) is 0 Å². The maximum Gasteiger partial charge on any atom is 0.374 e. The van der Waals surface area contributed by atoms with Gasteiger partial charge in [0.15, 0.2) is 18.3 Å². The lowest BCUT2D eigenvalue weighted by molar-refractivity contribution is -0.172. The second-order valence-corrected chi connectivity index (χ2v) is 11.6. The Morgan fingerprint density at radius 2 is 1.56 bits per heavy atom. The Hall–Kier alpha value is -1.61. The van der Waals surface area contributed by atoms with Gasteiger partial charge < -0.3 is 34.3 Å². The Labute approximate surface area is 234 Å². The maximum atomic E-state index is 12.2. The number of aliphatic hydroxyl groups is 2. The molecule has 2 saturated heterocycles. The van der Waals surface area contributed by atoms with E-state index in [0.717, 1.165) is 50.5 Å². The summed E-state index contributed by atoms with van der Waals surface area (Å²) in [6.07, 6.45) is 12.2.